The lowest BCUT2D eigenvalue weighted by atomic mass is 9.95. The fraction of sp³-hybridized carbons (Fsp3) is 0.792. The van der Waals surface area contributed by atoms with Gasteiger partial charge in [-0.3, -0.25) is 19.2 Å². The fourth-order valence-electron chi connectivity index (χ4n) is 3.90. The van der Waals surface area contributed by atoms with Crippen LogP contribution >= 0.6 is 0 Å². The SMILES string of the molecule is CC[C@H](C)[C@H](NC(=O)[C@@H](NC(=O)[C@H](CO)NC(=O)[C@@H](NC(=O)[C@@H]1CCCN1)[C@@H](C)O)[C@@H](C)CC)C(=O)O. The molecule has 4 amide bonds. The highest BCUT2D eigenvalue weighted by Gasteiger charge is 2.35. The van der Waals surface area contributed by atoms with Gasteiger partial charge in [0.15, 0.2) is 0 Å². The molecule has 0 spiro atoms. The summed E-state index contributed by atoms with van der Waals surface area (Å²) in [5.74, 6) is -4.87. The molecular weight excluding hydrogens is 486 g/mol. The van der Waals surface area contributed by atoms with Gasteiger partial charge in [-0.1, -0.05) is 40.5 Å². The second kappa shape index (κ2) is 15.5. The summed E-state index contributed by atoms with van der Waals surface area (Å²) in [5, 5.41) is 42.1. The number of aliphatic carboxylic acids is 1. The number of carbonyl (C=O) groups excluding carboxylic acids is 4. The van der Waals surface area contributed by atoms with Gasteiger partial charge in [0.25, 0.3) is 0 Å². The van der Waals surface area contributed by atoms with Crippen LogP contribution in [-0.2, 0) is 24.0 Å². The zero-order chi connectivity index (χ0) is 28.3. The molecule has 0 aromatic heterocycles. The highest BCUT2D eigenvalue weighted by molar-refractivity contribution is 5.95. The smallest absolute Gasteiger partial charge is 0.326 e. The molecule has 212 valence electrons. The Morgan fingerprint density at radius 3 is 1.84 bits per heavy atom. The largest absolute Gasteiger partial charge is 0.480 e. The predicted octanol–water partition coefficient (Wildman–Crippen LogP) is -1.77. The maximum atomic E-state index is 13.0. The molecular formula is C24H43N5O8. The van der Waals surface area contributed by atoms with Gasteiger partial charge in [0, 0.05) is 0 Å². The van der Waals surface area contributed by atoms with E-state index < -0.39 is 78.4 Å². The Hall–Kier alpha value is -2.77. The molecule has 0 unspecified atom stereocenters. The van der Waals surface area contributed by atoms with Crippen LogP contribution in [0.5, 0.6) is 0 Å². The van der Waals surface area contributed by atoms with E-state index in [0.29, 0.717) is 25.8 Å². The van der Waals surface area contributed by atoms with E-state index in [4.69, 9.17) is 0 Å². The number of rotatable bonds is 15. The molecule has 13 nitrogen and oxygen atoms in total. The monoisotopic (exact) mass is 529 g/mol. The molecule has 1 aliphatic heterocycles. The van der Waals surface area contributed by atoms with Crippen molar-refractivity contribution >= 4 is 29.6 Å². The van der Waals surface area contributed by atoms with E-state index in [1.807, 2.05) is 0 Å². The van der Waals surface area contributed by atoms with E-state index in [0.717, 1.165) is 6.42 Å². The minimum absolute atomic E-state index is 0.355. The summed E-state index contributed by atoms with van der Waals surface area (Å²) < 4.78 is 0. The Bertz CT molecular complexity index is 802. The van der Waals surface area contributed by atoms with Crippen molar-refractivity contribution < 1.29 is 39.3 Å². The average molecular weight is 530 g/mol. The maximum absolute atomic E-state index is 13.0. The maximum Gasteiger partial charge on any atom is 0.326 e. The van der Waals surface area contributed by atoms with Crippen molar-refractivity contribution in [2.75, 3.05) is 13.2 Å². The number of hydrogen-bond acceptors (Lipinski definition) is 8. The number of carbonyl (C=O) groups is 5. The van der Waals surface area contributed by atoms with Crippen molar-refractivity contribution in [2.45, 2.75) is 96.6 Å². The molecule has 8 atom stereocenters. The standard InChI is InChI=1S/C24H43N5O8/c1-6-12(3)17(22(34)28-18(24(36)37)13(4)7-2)27-21(33)16(11-30)26-23(35)19(14(5)31)29-20(32)15-9-8-10-25-15/h12-19,25,30-31H,6-11H2,1-5H3,(H,26,35)(H,27,33)(H,28,34)(H,29,32)(H,36,37)/t12-,13-,14+,15-,16-,17-,18-,19-/m0/s1. The third kappa shape index (κ3) is 9.56. The summed E-state index contributed by atoms with van der Waals surface area (Å²) in [7, 11) is 0. The van der Waals surface area contributed by atoms with Crippen LogP contribution in [0.3, 0.4) is 0 Å². The minimum Gasteiger partial charge on any atom is -0.480 e. The van der Waals surface area contributed by atoms with Crippen LogP contribution < -0.4 is 26.6 Å². The molecule has 1 saturated heterocycles. The van der Waals surface area contributed by atoms with Gasteiger partial charge in [-0.15, -0.1) is 0 Å². The third-order valence-corrected chi connectivity index (χ3v) is 6.83. The van der Waals surface area contributed by atoms with Crippen LogP contribution in [0.4, 0.5) is 0 Å². The van der Waals surface area contributed by atoms with E-state index in [1.54, 1.807) is 27.7 Å². The molecule has 0 radical (unpaired) electrons. The van der Waals surface area contributed by atoms with Crippen LogP contribution in [-0.4, -0.2) is 94.4 Å². The second-order valence-corrected chi connectivity index (χ2v) is 9.70. The predicted molar refractivity (Wildman–Crippen MR) is 134 cm³/mol. The topological polar surface area (TPSA) is 206 Å². The number of amides is 4. The Kier molecular flexibility index (Phi) is 13.5. The molecule has 1 rings (SSSR count). The van der Waals surface area contributed by atoms with Gasteiger partial charge < -0.3 is 41.9 Å². The summed E-state index contributed by atoms with van der Waals surface area (Å²) in [4.78, 5) is 62.8. The highest BCUT2D eigenvalue weighted by Crippen LogP contribution is 2.12. The number of aliphatic hydroxyl groups is 2. The molecule has 8 N–H and O–H groups in total. The Labute approximate surface area is 217 Å². The van der Waals surface area contributed by atoms with Crippen molar-refractivity contribution in [3.05, 3.63) is 0 Å². The van der Waals surface area contributed by atoms with Crippen LogP contribution in [0, 0.1) is 11.8 Å². The number of carboxylic acid groups (broad SMARTS) is 1. The van der Waals surface area contributed by atoms with Gasteiger partial charge in [-0.05, 0) is 38.1 Å². The molecule has 1 aliphatic rings. The van der Waals surface area contributed by atoms with E-state index in [2.05, 4.69) is 26.6 Å². The van der Waals surface area contributed by atoms with E-state index >= 15 is 0 Å². The molecule has 0 bridgehead atoms. The normalized spacial score (nSPS) is 20.9. The first kappa shape index (κ1) is 32.3. The van der Waals surface area contributed by atoms with Crippen LogP contribution in [0.1, 0.15) is 60.3 Å². The molecule has 1 heterocycles. The van der Waals surface area contributed by atoms with Gasteiger partial charge in [-0.2, -0.15) is 0 Å². The second-order valence-electron chi connectivity index (χ2n) is 9.70. The first-order chi connectivity index (χ1) is 17.4. The lowest BCUT2D eigenvalue weighted by Gasteiger charge is -2.29. The van der Waals surface area contributed by atoms with Gasteiger partial charge in [0.2, 0.25) is 23.6 Å². The van der Waals surface area contributed by atoms with Crippen LogP contribution in [0.25, 0.3) is 0 Å². The van der Waals surface area contributed by atoms with E-state index in [1.165, 1.54) is 6.92 Å². The van der Waals surface area contributed by atoms with Crippen molar-refractivity contribution in [2.24, 2.45) is 11.8 Å². The third-order valence-electron chi connectivity index (χ3n) is 6.83. The van der Waals surface area contributed by atoms with E-state index in [9.17, 15) is 39.3 Å². The number of nitrogens with one attached hydrogen (secondary N) is 5. The number of carboxylic acids is 1. The van der Waals surface area contributed by atoms with Gasteiger partial charge in [-0.25, -0.2) is 4.79 Å². The van der Waals surface area contributed by atoms with Crippen molar-refractivity contribution in [1.29, 1.82) is 0 Å². The first-order valence-electron chi connectivity index (χ1n) is 12.8. The number of hydrogen-bond donors (Lipinski definition) is 8. The molecule has 13 heteroatoms. The van der Waals surface area contributed by atoms with Gasteiger partial charge in [0.1, 0.15) is 24.2 Å². The quantitative estimate of drug-likeness (QED) is 0.121. The van der Waals surface area contributed by atoms with Crippen molar-refractivity contribution in [3.63, 3.8) is 0 Å². The lowest BCUT2D eigenvalue weighted by molar-refractivity contribution is -0.144. The summed E-state index contributed by atoms with van der Waals surface area (Å²) in [6.45, 7) is 8.12. The summed E-state index contributed by atoms with van der Waals surface area (Å²) in [6.07, 6.45) is 1.07. The average Bonchev–Trinajstić information content (AvgIpc) is 3.40. The molecule has 0 aromatic rings. The Morgan fingerprint density at radius 1 is 0.838 bits per heavy atom. The highest BCUT2D eigenvalue weighted by atomic mass is 16.4. The first-order valence-corrected chi connectivity index (χ1v) is 12.8. The van der Waals surface area contributed by atoms with Crippen LogP contribution in [0.2, 0.25) is 0 Å². The molecule has 1 fully saturated rings. The molecule has 37 heavy (non-hydrogen) atoms. The zero-order valence-corrected chi connectivity index (χ0v) is 22.2. The number of aliphatic hydroxyl groups excluding tert-OH is 2. The lowest BCUT2D eigenvalue weighted by Crippen LogP contribution is -2.62. The van der Waals surface area contributed by atoms with Crippen molar-refractivity contribution in [3.8, 4) is 0 Å². The zero-order valence-electron chi connectivity index (χ0n) is 22.2. The molecule has 0 saturated carbocycles. The van der Waals surface area contributed by atoms with E-state index in [-0.39, 0.29) is 5.92 Å². The van der Waals surface area contributed by atoms with Crippen molar-refractivity contribution in [1.82, 2.24) is 26.6 Å². The Balaban J connectivity index is 2.94. The van der Waals surface area contributed by atoms with Gasteiger partial charge in [0.05, 0.1) is 18.8 Å². The molecule has 0 aliphatic carbocycles. The minimum atomic E-state index is -1.49. The van der Waals surface area contributed by atoms with Crippen LogP contribution in [0.15, 0.2) is 0 Å². The molecule has 0 aromatic carbocycles. The summed E-state index contributed by atoms with van der Waals surface area (Å²) >= 11 is 0. The fourth-order valence-corrected chi connectivity index (χ4v) is 3.90. The summed E-state index contributed by atoms with van der Waals surface area (Å²) in [5.41, 5.74) is 0. The Morgan fingerprint density at radius 2 is 1.38 bits per heavy atom. The summed E-state index contributed by atoms with van der Waals surface area (Å²) in [6, 6.07) is -5.64. The van der Waals surface area contributed by atoms with Gasteiger partial charge >= 0.3 is 5.97 Å².